The zero-order valence-electron chi connectivity index (χ0n) is 24.9. The van der Waals surface area contributed by atoms with Gasteiger partial charge < -0.3 is 14.3 Å². The first kappa shape index (κ1) is 30.7. The van der Waals surface area contributed by atoms with E-state index in [0.717, 1.165) is 38.5 Å². The van der Waals surface area contributed by atoms with Crippen LogP contribution >= 0.6 is 0 Å². The smallest absolute Gasteiger partial charge is 0.343 e. The maximum atomic E-state index is 12.5. The summed E-state index contributed by atoms with van der Waals surface area (Å²) in [4.78, 5) is 24.3. The van der Waals surface area contributed by atoms with Crippen molar-refractivity contribution < 1.29 is 19.1 Å². The first-order chi connectivity index (χ1) is 18.9. The molecule has 6 atom stereocenters. The van der Waals surface area contributed by atoms with E-state index in [1.165, 1.54) is 11.1 Å². The highest BCUT2D eigenvalue weighted by Gasteiger charge is 2.59. The third-order valence-electron chi connectivity index (χ3n) is 9.10. The molecule has 2 aromatic carbocycles. The second-order valence-electron chi connectivity index (χ2n) is 11.0. The number of fused-ring (bicyclic) bond motifs is 5. The molecule has 6 unspecified atom stereocenters. The lowest BCUT2D eigenvalue weighted by atomic mass is 9.53. The number of ether oxygens (including phenoxy) is 2. The second kappa shape index (κ2) is 14.0. The van der Waals surface area contributed by atoms with Crippen molar-refractivity contribution in [3.63, 3.8) is 0 Å². The third kappa shape index (κ3) is 6.48. The van der Waals surface area contributed by atoms with Gasteiger partial charge in [-0.1, -0.05) is 65.5 Å². The normalized spacial score (nSPS) is 28.1. The summed E-state index contributed by atoms with van der Waals surface area (Å²) in [5.74, 6) is 2.74. The van der Waals surface area contributed by atoms with Gasteiger partial charge in [0.05, 0.1) is 11.8 Å². The lowest BCUT2D eigenvalue weighted by molar-refractivity contribution is -0.117. The Hall–Kier alpha value is -2.88. The van der Waals surface area contributed by atoms with Crippen LogP contribution in [-0.2, 0) is 16.0 Å². The lowest BCUT2D eigenvalue weighted by Gasteiger charge is -2.51. The lowest BCUT2D eigenvalue weighted by Crippen LogP contribution is -2.45. The van der Waals surface area contributed by atoms with E-state index < -0.39 is 0 Å². The summed E-state index contributed by atoms with van der Waals surface area (Å²) in [6.07, 6.45) is 8.81. The molecule has 0 saturated heterocycles. The van der Waals surface area contributed by atoms with E-state index >= 15 is 0 Å². The average molecular weight is 533 g/mol. The number of carbonyl (C=O) groups excluding carboxylic acids is 2. The minimum Gasteiger partial charge on any atom is -0.498 e. The summed E-state index contributed by atoms with van der Waals surface area (Å²) in [6.45, 7) is 16.0. The molecule has 3 aliphatic rings. The molecule has 0 spiro atoms. The van der Waals surface area contributed by atoms with Crippen LogP contribution in [-0.4, -0.2) is 17.9 Å². The molecular formula is C35H48O4. The monoisotopic (exact) mass is 532 g/mol. The van der Waals surface area contributed by atoms with Gasteiger partial charge in [-0.3, -0.25) is 0 Å². The van der Waals surface area contributed by atoms with Gasteiger partial charge in [0.15, 0.2) is 0 Å². The largest absolute Gasteiger partial charge is 0.498 e. The number of Topliss-reactive ketones (excluding diaryl/α,β-unsaturated/α-hetero) is 1. The first-order valence-corrected chi connectivity index (χ1v) is 15.1. The molecule has 39 heavy (non-hydrogen) atoms. The Morgan fingerprint density at radius 1 is 1.05 bits per heavy atom. The van der Waals surface area contributed by atoms with Crippen molar-refractivity contribution in [2.24, 2.45) is 23.2 Å². The quantitative estimate of drug-likeness (QED) is 0.203. The van der Waals surface area contributed by atoms with E-state index in [4.69, 9.17) is 9.47 Å². The topological polar surface area (TPSA) is 52.6 Å². The van der Waals surface area contributed by atoms with Crippen LogP contribution in [0.4, 0.5) is 0 Å². The van der Waals surface area contributed by atoms with Gasteiger partial charge in [0.25, 0.3) is 0 Å². The molecular weight excluding hydrogens is 484 g/mol. The number of rotatable bonds is 7. The molecule has 2 saturated carbocycles. The zero-order chi connectivity index (χ0) is 28.6. The molecule has 4 heteroatoms. The highest BCUT2D eigenvalue weighted by atomic mass is 16.5. The molecule has 2 aromatic rings. The van der Waals surface area contributed by atoms with Gasteiger partial charge in [0.2, 0.25) is 0 Å². The molecule has 0 N–H and O–H groups in total. The van der Waals surface area contributed by atoms with Crippen LogP contribution in [0.25, 0.3) is 0 Å². The van der Waals surface area contributed by atoms with Gasteiger partial charge in [-0.05, 0) is 105 Å². The predicted octanol–water partition coefficient (Wildman–Crippen LogP) is 8.94. The highest BCUT2D eigenvalue weighted by Crippen LogP contribution is 2.64. The van der Waals surface area contributed by atoms with Crippen LogP contribution in [0.5, 0.6) is 5.75 Å². The fourth-order valence-corrected chi connectivity index (χ4v) is 7.61. The Morgan fingerprint density at radius 2 is 1.77 bits per heavy atom. The van der Waals surface area contributed by atoms with Crippen molar-refractivity contribution >= 4 is 11.8 Å². The fourth-order valence-electron chi connectivity index (χ4n) is 7.61. The molecule has 0 radical (unpaired) electrons. The molecule has 0 amide bonds. The minimum absolute atomic E-state index is 0.124. The number of carbonyl (C=O) groups is 2. The van der Waals surface area contributed by atoms with Crippen LogP contribution < -0.4 is 4.74 Å². The summed E-state index contributed by atoms with van der Waals surface area (Å²) >= 11 is 0. The molecule has 0 aromatic heterocycles. The molecule has 0 aliphatic heterocycles. The molecule has 212 valence electrons. The number of ketones is 1. The van der Waals surface area contributed by atoms with Crippen molar-refractivity contribution in [1.82, 2.24) is 0 Å². The Morgan fingerprint density at radius 3 is 2.44 bits per heavy atom. The van der Waals surface area contributed by atoms with E-state index in [0.29, 0.717) is 41.4 Å². The minimum atomic E-state index is -0.319. The summed E-state index contributed by atoms with van der Waals surface area (Å²) in [5, 5.41) is 0. The number of hydrogen-bond acceptors (Lipinski definition) is 4. The number of aryl methyl sites for hydroxylation is 1. The third-order valence-corrected chi connectivity index (χ3v) is 9.10. The molecule has 4 nitrogen and oxygen atoms in total. The summed E-state index contributed by atoms with van der Waals surface area (Å²) in [6, 6.07) is 15.4. The van der Waals surface area contributed by atoms with Gasteiger partial charge >= 0.3 is 5.97 Å². The summed E-state index contributed by atoms with van der Waals surface area (Å²) in [7, 11) is 0. The first-order valence-electron chi connectivity index (χ1n) is 15.1. The van der Waals surface area contributed by atoms with Crippen LogP contribution in [0.1, 0.15) is 107 Å². The van der Waals surface area contributed by atoms with Crippen LogP contribution in [0.3, 0.4) is 0 Å². The molecule has 0 heterocycles. The number of hydrogen-bond donors (Lipinski definition) is 0. The fraction of sp³-hybridized carbons (Fsp3) is 0.543. The van der Waals surface area contributed by atoms with Crippen LogP contribution in [0.15, 0.2) is 61.4 Å². The van der Waals surface area contributed by atoms with Crippen LogP contribution in [0, 0.1) is 23.2 Å². The Kier molecular flexibility index (Phi) is 11.0. The average Bonchev–Trinajstić information content (AvgIpc) is 3.25. The predicted molar refractivity (Wildman–Crippen MR) is 159 cm³/mol. The van der Waals surface area contributed by atoms with Crippen molar-refractivity contribution in [2.45, 2.75) is 98.5 Å². The SMILES string of the molecule is C=COC1CC(CCC(C)=O)C2C3CCc4cc(OC(=O)c5ccccc5)ccc4C3CCC12C.CC.CC. The van der Waals surface area contributed by atoms with Gasteiger partial charge in [-0.2, -0.15) is 0 Å². The van der Waals surface area contributed by atoms with Crippen LogP contribution in [0.2, 0.25) is 0 Å². The van der Waals surface area contributed by atoms with Crippen molar-refractivity contribution in [3.8, 4) is 5.75 Å². The molecule has 0 bridgehead atoms. The van der Waals surface area contributed by atoms with E-state index in [1.807, 2.05) is 52.0 Å². The Balaban J connectivity index is 0.00000100. The summed E-state index contributed by atoms with van der Waals surface area (Å²) in [5.41, 5.74) is 3.41. The Bertz CT molecular complexity index is 1110. The number of benzene rings is 2. The van der Waals surface area contributed by atoms with E-state index in [9.17, 15) is 9.59 Å². The van der Waals surface area contributed by atoms with Gasteiger partial charge in [-0.15, -0.1) is 0 Å². The van der Waals surface area contributed by atoms with Crippen molar-refractivity contribution in [2.75, 3.05) is 0 Å². The molecule has 5 rings (SSSR count). The maximum Gasteiger partial charge on any atom is 0.343 e. The van der Waals surface area contributed by atoms with Gasteiger partial charge in [0.1, 0.15) is 17.6 Å². The van der Waals surface area contributed by atoms with Gasteiger partial charge in [-0.25, -0.2) is 4.79 Å². The van der Waals surface area contributed by atoms with Crippen molar-refractivity contribution in [1.29, 1.82) is 0 Å². The van der Waals surface area contributed by atoms with E-state index in [1.54, 1.807) is 25.3 Å². The molecule has 3 aliphatic carbocycles. The van der Waals surface area contributed by atoms with E-state index in [2.05, 4.69) is 25.6 Å². The highest BCUT2D eigenvalue weighted by molar-refractivity contribution is 5.91. The molecule has 2 fully saturated rings. The summed E-state index contributed by atoms with van der Waals surface area (Å²) < 4.78 is 11.8. The Labute approximate surface area is 236 Å². The maximum absolute atomic E-state index is 12.5. The standard InChI is InChI=1S/C31H36O4.2C2H6/c1-4-34-28-19-23(11-10-20(2)32)29-27-14-12-22-18-24(35-30(33)21-8-6-5-7-9-21)13-15-25(22)26(27)16-17-31(28,29)3;2*1-2/h4-9,13,15,18,23,26-29H,1,10-12,14,16-17,19H2,2-3H3;2*1-2H3. The van der Waals surface area contributed by atoms with Crippen molar-refractivity contribution in [3.05, 3.63) is 78.1 Å². The van der Waals surface area contributed by atoms with E-state index in [-0.39, 0.29) is 23.3 Å². The second-order valence-corrected chi connectivity index (χ2v) is 11.0. The van der Waals surface area contributed by atoms with Gasteiger partial charge in [0, 0.05) is 11.8 Å². The number of esters is 1. The zero-order valence-corrected chi connectivity index (χ0v) is 24.9.